The smallest absolute Gasteiger partial charge is 0.224 e. The molecular weight excluding hydrogens is 474 g/mol. The van der Waals surface area contributed by atoms with Gasteiger partial charge in [0.25, 0.3) is 0 Å². The molecule has 3 heterocycles. The van der Waals surface area contributed by atoms with Gasteiger partial charge in [0.15, 0.2) is 6.20 Å². The highest BCUT2D eigenvalue weighted by molar-refractivity contribution is 6.26. The number of rotatable bonds is 3. The number of nitrogens with zero attached hydrogens (tertiary/aromatic N) is 3. The SMILES string of the molecule is Cc1cc2c3ccccc3n3c4cc(N(c5ccccc5)c5ccccc5)cc5cc[n+](C)c(c(c1C)c23)c54. The van der Waals surface area contributed by atoms with E-state index < -0.39 is 0 Å². The van der Waals surface area contributed by atoms with E-state index in [4.69, 9.17) is 0 Å². The van der Waals surface area contributed by atoms with Crippen molar-refractivity contribution < 1.29 is 4.57 Å². The van der Waals surface area contributed by atoms with Crippen molar-refractivity contribution in [2.75, 3.05) is 4.90 Å². The Morgan fingerprint density at radius 2 is 1.28 bits per heavy atom. The summed E-state index contributed by atoms with van der Waals surface area (Å²) in [5, 5.41) is 6.50. The zero-order valence-corrected chi connectivity index (χ0v) is 22.3. The van der Waals surface area contributed by atoms with Gasteiger partial charge in [0.05, 0.1) is 27.3 Å². The first-order valence-corrected chi connectivity index (χ1v) is 13.5. The van der Waals surface area contributed by atoms with Crippen molar-refractivity contribution in [1.82, 2.24) is 4.40 Å². The molecule has 5 aromatic carbocycles. The van der Waals surface area contributed by atoms with Crippen LogP contribution >= 0.6 is 0 Å². The lowest BCUT2D eigenvalue weighted by molar-refractivity contribution is -0.643. The summed E-state index contributed by atoms with van der Waals surface area (Å²) < 4.78 is 4.82. The first kappa shape index (κ1) is 22.1. The summed E-state index contributed by atoms with van der Waals surface area (Å²) in [5.74, 6) is 0. The highest BCUT2D eigenvalue weighted by atomic mass is 15.1. The first-order valence-electron chi connectivity index (χ1n) is 13.5. The number of hydrogen-bond acceptors (Lipinski definition) is 1. The summed E-state index contributed by atoms with van der Waals surface area (Å²) in [4.78, 5) is 2.36. The van der Waals surface area contributed by atoms with E-state index in [1.54, 1.807) is 0 Å². The van der Waals surface area contributed by atoms with Crippen LogP contribution in [0.15, 0.2) is 115 Å². The van der Waals surface area contributed by atoms with Gasteiger partial charge in [-0.2, -0.15) is 0 Å². The Morgan fingerprint density at radius 3 is 2.00 bits per heavy atom. The summed E-state index contributed by atoms with van der Waals surface area (Å²) in [7, 11) is 2.18. The molecule has 8 rings (SSSR count). The van der Waals surface area contributed by atoms with Gasteiger partial charge in [-0.15, -0.1) is 0 Å². The monoisotopic (exact) mass is 502 g/mol. The zero-order chi connectivity index (χ0) is 26.2. The molecule has 0 saturated carbocycles. The van der Waals surface area contributed by atoms with Crippen molar-refractivity contribution in [3.05, 3.63) is 127 Å². The number of benzene rings is 5. The van der Waals surface area contributed by atoms with Crippen molar-refractivity contribution in [2.24, 2.45) is 7.05 Å². The molecule has 0 radical (unpaired) electrons. The summed E-state index contributed by atoms with van der Waals surface area (Å²) in [6.45, 7) is 4.52. The van der Waals surface area contributed by atoms with Crippen molar-refractivity contribution in [3.8, 4) is 0 Å². The summed E-state index contributed by atoms with van der Waals surface area (Å²) >= 11 is 0. The van der Waals surface area contributed by atoms with Crippen molar-refractivity contribution in [1.29, 1.82) is 0 Å². The molecule has 0 atom stereocenters. The van der Waals surface area contributed by atoms with Gasteiger partial charge in [-0.1, -0.05) is 54.6 Å². The van der Waals surface area contributed by atoms with Crippen molar-refractivity contribution in [3.63, 3.8) is 0 Å². The van der Waals surface area contributed by atoms with Crippen LogP contribution in [0, 0.1) is 13.8 Å². The Labute approximate surface area is 227 Å². The van der Waals surface area contributed by atoms with Crippen LogP contribution in [0.25, 0.3) is 49.0 Å². The maximum Gasteiger partial charge on any atom is 0.224 e. The Kier molecular flexibility index (Phi) is 4.57. The third-order valence-corrected chi connectivity index (χ3v) is 8.44. The molecule has 8 aromatic rings. The van der Waals surface area contributed by atoms with E-state index in [2.05, 4.69) is 150 Å². The molecule has 0 aliphatic rings. The van der Waals surface area contributed by atoms with Crippen LogP contribution in [0.4, 0.5) is 17.1 Å². The summed E-state index contributed by atoms with van der Waals surface area (Å²) in [5.41, 5.74) is 11.2. The van der Waals surface area contributed by atoms with E-state index in [9.17, 15) is 0 Å². The van der Waals surface area contributed by atoms with Gasteiger partial charge in [0.1, 0.15) is 7.05 Å². The van der Waals surface area contributed by atoms with E-state index in [0.29, 0.717) is 0 Å². The lowest BCUT2D eigenvalue weighted by Crippen LogP contribution is -2.29. The standard InChI is InChI=1S/C36H28N3/c1-23-20-30-29-16-10-11-17-31(29)39-32-22-28(38(26-12-6-4-7-13-26)27-14-8-5-9-15-27)21-25-18-19-37(3)36(34(25)32)33(24(23)2)35(30)39/h4-22H,1-3H3/q+1. The summed E-state index contributed by atoms with van der Waals surface area (Å²) in [6, 6.07) is 39.6. The highest BCUT2D eigenvalue weighted by Gasteiger charge is 2.26. The molecule has 3 heteroatoms. The molecule has 0 amide bonds. The third kappa shape index (κ3) is 3.01. The molecule has 0 saturated heterocycles. The molecular formula is C36H28N3+. The van der Waals surface area contributed by atoms with Crippen LogP contribution < -0.4 is 9.47 Å². The van der Waals surface area contributed by atoms with E-state index in [-0.39, 0.29) is 0 Å². The Balaban J connectivity index is 1.61. The largest absolute Gasteiger partial charge is 0.310 e. The number of fused-ring (bicyclic) bond motifs is 5. The Bertz CT molecular complexity index is 2150. The van der Waals surface area contributed by atoms with Gasteiger partial charge < -0.3 is 9.30 Å². The molecule has 0 aliphatic carbocycles. The maximum absolute atomic E-state index is 2.51. The fourth-order valence-corrected chi connectivity index (χ4v) is 6.57. The average molecular weight is 503 g/mol. The molecule has 0 bridgehead atoms. The highest BCUT2D eigenvalue weighted by Crippen LogP contribution is 2.44. The number of aryl methyl sites for hydroxylation is 3. The minimum absolute atomic E-state index is 1.14. The van der Waals surface area contributed by atoms with Crippen molar-refractivity contribution in [2.45, 2.75) is 13.8 Å². The number of para-hydroxylation sites is 3. The van der Waals surface area contributed by atoms with Crippen LogP contribution in [0.1, 0.15) is 11.1 Å². The maximum atomic E-state index is 2.51. The molecule has 3 aromatic heterocycles. The van der Waals surface area contributed by atoms with Crippen LogP contribution in [0.5, 0.6) is 0 Å². The van der Waals surface area contributed by atoms with Crippen molar-refractivity contribution >= 4 is 66.1 Å². The van der Waals surface area contributed by atoms with Gasteiger partial charge in [-0.3, -0.25) is 0 Å². The minimum Gasteiger partial charge on any atom is -0.310 e. The molecule has 3 nitrogen and oxygen atoms in total. The molecule has 0 unspecified atom stereocenters. The molecule has 0 aliphatic heterocycles. The van der Waals surface area contributed by atoms with Gasteiger partial charge in [-0.25, -0.2) is 4.57 Å². The second kappa shape index (κ2) is 8.05. The quantitative estimate of drug-likeness (QED) is 0.133. The normalized spacial score (nSPS) is 12.0. The molecule has 0 spiro atoms. The Morgan fingerprint density at radius 1 is 0.615 bits per heavy atom. The predicted octanol–water partition coefficient (Wildman–Crippen LogP) is 8.90. The van der Waals surface area contributed by atoms with Gasteiger partial charge >= 0.3 is 0 Å². The second-order valence-electron chi connectivity index (χ2n) is 10.7. The first-order chi connectivity index (χ1) is 19.1. The van der Waals surface area contributed by atoms with E-state index in [1.807, 2.05) is 0 Å². The van der Waals surface area contributed by atoms with Gasteiger partial charge in [0.2, 0.25) is 5.52 Å². The van der Waals surface area contributed by atoms with Crippen LogP contribution in [0.3, 0.4) is 0 Å². The van der Waals surface area contributed by atoms with Gasteiger partial charge in [-0.05, 0) is 78.9 Å². The molecule has 0 N–H and O–H groups in total. The molecule has 39 heavy (non-hydrogen) atoms. The van der Waals surface area contributed by atoms with Crippen LogP contribution in [0.2, 0.25) is 0 Å². The van der Waals surface area contributed by atoms with Crippen LogP contribution in [-0.4, -0.2) is 4.40 Å². The molecule has 186 valence electrons. The average Bonchev–Trinajstić information content (AvgIpc) is 3.30. The second-order valence-corrected chi connectivity index (χ2v) is 10.7. The summed E-state index contributed by atoms with van der Waals surface area (Å²) in [6.07, 6.45) is 2.21. The number of anilines is 3. The molecule has 0 fully saturated rings. The fourth-order valence-electron chi connectivity index (χ4n) is 6.57. The predicted molar refractivity (Wildman–Crippen MR) is 164 cm³/mol. The Hall–Kier alpha value is -4.89. The van der Waals surface area contributed by atoms with E-state index in [0.717, 1.165) is 17.1 Å². The topological polar surface area (TPSA) is 11.5 Å². The van der Waals surface area contributed by atoms with Crippen LogP contribution in [-0.2, 0) is 7.05 Å². The number of hydrogen-bond donors (Lipinski definition) is 0. The lowest BCUT2D eigenvalue weighted by atomic mass is 9.96. The fraction of sp³-hybridized carbons (Fsp3) is 0.0833. The lowest BCUT2D eigenvalue weighted by Gasteiger charge is -2.26. The van der Waals surface area contributed by atoms with E-state index in [1.165, 1.54) is 60.1 Å². The zero-order valence-electron chi connectivity index (χ0n) is 22.3. The number of pyridine rings is 2. The van der Waals surface area contributed by atoms with Gasteiger partial charge in [0, 0.05) is 33.9 Å². The minimum atomic E-state index is 1.14. The van der Waals surface area contributed by atoms with E-state index >= 15 is 0 Å². The third-order valence-electron chi connectivity index (χ3n) is 8.44. The number of aromatic nitrogens is 2.